The minimum absolute atomic E-state index is 0.0536. The molecule has 6 nitrogen and oxygen atoms in total. The summed E-state index contributed by atoms with van der Waals surface area (Å²) in [6.07, 6.45) is 1.83. The maximum Gasteiger partial charge on any atom is 0.251 e. The number of nitrogen functional groups attached to an aromatic ring is 1. The SMILES string of the molecule is Nc1ccc(C(=O)NCCN2CCN(c3ccccn3)CC2)cc1. The molecule has 1 fully saturated rings. The van der Waals surface area contributed by atoms with Crippen LogP contribution in [0.1, 0.15) is 10.4 Å². The number of rotatable bonds is 5. The number of pyridine rings is 1. The van der Waals surface area contributed by atoms with Gasteiger partial charge in [0.05, 0.1) is 0 Å². The van der Waals surface area contributed by atoms with E-state index in [0.29, 0.717) is 17.8 Å². The maximum absolute atomic E-state index is 12.0. The molecule has 0 unspecified atom stereocenters. The lowest BCUT2D eigenvalue weighted by atomic mass is 10.2. The number of piperazine rings is 1. The van der Waals surface area contributed by atoms with Gasteiger partial charge in [0.1, 0.15) is 5.82 Å². The van der Waals surface area contributed by atoms with Gasteiger partial charge in [-0.05, 0) is 36.4 Å². The Morgan fingerprint density at radius 3 is 2.50 bits per heavy atom. The molecule has 0 bridgehead atoms. The van der Waals surface area contributed by atoms with Crippen molar-refractivity contribution < 1.29 is 4.79 Å². The Bertz CT molecular complexity index is 651. The highest BCUT2D eigenvalue weighted by Gasteiger charge is 2.17. The fraction of sp³-hybridized carbons (Fsp3) is 0.333. The number of hydrogen-bond donors (Lipinski definition) is 2. The van der Waals surface area contributed by atoms with Gasteiger partial charge in [0.15, 0.2) is 0 Å². The Balaban J connectivity index is 1.39. The average Bonchev–Trinajstić information content (AvgIpc) is 2.63. The summed E-state index contributed by atoms with van der Waals surface area (Å²) in [6.45, 7) is 5.39. The number of benzene rings is 1. The fourth-order valence-corrected chi connectivity index (χ4v) is 2.81. The standard InChI is InChI=1S/C18H23N5O/c19-16-6-4-15(5-7-16)18(24)21-9-10-22-11-13-23(14-12-22)17-3-1-2-8-20-17/h1-8H,9-14,19H2,(H,21,24). The molecule has 2 heterocycles. The third kappa shape index (κ3) is 4.23. The molecule has 1 aliphatic rings. The third-order valence-corrected chi connectivity index (χ3v) is 4.23. The maximum atomic E-state index is 12.0. The molecular weight excluding hydrogens is 302 g/mol. The number of nitrogens with two attached hydrogens (primary N) is 1. The Hall–Kier alpha value is -2.60. The molecule has 0 radical (unpaired) electrons. The molecule has 0 spiro atoms. The van der Waals surface area contributed by atoms with E-state index in [1.165, 1.54) is 0 Å². The van der Waals surface area contributed by atoms with E-state index in [0.717, 1.165) is 38.5 Å². The number of hydrogen-bond acceptors (Lipinski definition) is 5. The van der Waals surface area contributed by atoms with Crippen molar-refractivity contribution in [2.75, 3.05) is 49.9 Å². The molecule has 1 aromatic carbocycles. The van der Waals surface area contributed by atoms with Gasteiger partial charge in [0, 0.05) is 56.7 Å². The van der Waals surface area contributed by atoms with Crippen molar-refractivity contribution >= 4 is 17.4 Å². The fourth-order valence-electron chi connectivity index (χ4n) is 2.81. The molecule has 6 heteroatoms. The van der Waals surface area contributed by atoms with Gasteiger partial charge < -0.3 is 16.0 Å². The number of nitrogens with zero attached hydrogens (tertiary/aromatic N) is 3. The molecule has 2 aromatic rings. The van der Waals surface area contributed by atoms with Crippen LogP contribution < -0.4 is 16.0 Å². The van der Waals surface area contributed by atoms with Crippen LogP contribution >= 0.6 is 0 Å². The number of carbonyl (C=O) groups excluding carboxylic acids is 1. The molecule has 0 aliphatic carbocycles. The lowest BCUT2D eigenvalue weighted by Gasteiger charge is -2.35. The minimum atomic E-state index is -0.0536. The quantitative estimate of drug-likeness (QED) is 0.809. The topological polar surface area (TPSA) is 74.5 Å². The number of carbonyl (C=O) groups is 1. The molecule has 3 rings (SSSR count). The molecule has 1 aromatic heterocycles. The zero-order valence-electron chi connectivity index (χ0n) is 13.7. The van der Waals surface area contributed by atoms with Gasteiger partial charge in [-0.2, -0.15) is 0 Å². The second-order valence-corrected chi connectivity index (χ2v) is 5.89. The molecule has 126 valence electrons. The number of anilines is 2. The highest BCUT2D eigenvalue weighted by atomic mass is 16.1. The van der Waals surface area contributed by atoms with Gasteiger partial charge in [0.2, 0.25) is 0 Å². The number of nitrogens with one attached hydrogen (secondary N) is 1. The van der Waals surface area contributed by atoms with Crippen LogP contribution in [0.25, 0.3) is 0 Å². The molecule has 1 aliphatic heterocycles. The molecule has 0 atom stereocenters. The molecular formula is C18H23N5O. The molecule has 3 N–H and O–H groups in total. The van der Waals surface area contributed by atoms with Gasteiger partial charge in [-0.15, -0.1) is 0 Å². The van der Waals surface area contributed by atoms with Gasteiger partial charge >= 0.3 is 0 Å². The lowest BCUT2D eigenvalue weighted by molar-refractivity contribution is 0.0948. The van der Waals surface area contributed by atoms with Crippen LogP contribution in [0, 0.1) is 0 Å². The van der Waals surface area contributed by atoms with Crippen molar-refractivity contribution in [1.82, 2.24) is 15.2 Å². The summed E-state index contributed by atoms with van der Waals surface area (Å²) in [7, 11) is 0. The summed E-state index contributed by atoms with van der Waals surface area (Å²) >= 11 is 0. The van der Waals surface area contributed by atoms with E-state index in [9.17, 15) is 4.79 Å². The van der Waals surface area contributed by atoms with E-state index in [1.54, 1.807) is 24.3 Å². The second-order valence-electron chi connectivity index (χ2n) is 5.89. The number of aromatic nitrogens is 1. The smallest absolute Gasteiger partial charge is 0.251 e. The average molecular weight is 325 g/mol. The predicted octanol–water partition coefficient (Wildman–Crippen LogP) is 1.22. The van der Waals surface area contributed by atoms with Crippen molar-refractivity contribution in [1.29, 1.82) is 0 Å². The first-order valence-corrected chi connectivity index (χ1v) is 8.24. The molecule has 0 saturated carbocycles. The first-order valence-electron chi connectivity index (χ1n) is 8.24. The van der Waals surface area contributed by atoms with E-state index >= 15 is 0 Å². The molecule has 1 saturated heterocycles. The highest BCUT2D eigenvalue weighted by molar-refractivity contribution is 5.94. The van der Waals surface area contributed by atoms with Gasteiger partial charge in [-0.1, -0.05) is 6.07 Å². The van der Waals surface area contributed by atoms with Crippen LogP contribution in [0.15, 0.2) is 48.7 Å². The minimum Gasteiger partial charge on any atom is -0.399 e. The second kappa shape index (κ2) is 7.79. The van der Waals surface area contributed by atoms with Crippen LogP contribution in [0.3, 0.4) is 0 Å². The Kier molecular flexibility index (Phi) is 5.28. The van der Waals surface area contributed by atoms with Crippen molar-refractivity contribution in [3.8, 4) is 0 Å². The molecule has 1 amide bonds. The van der Waals surface area contributed by atoms with Crippen LogP contribution in [0.5, 0.6) is 0 Å². The van der Waals surface area contributed by atoms with Crippen molar-refractivity contribution in [3.05, 3.63) is 54.2 Å². The van der Waals surface area contributed by atoms with E-state index in [1.807, 2.05) is 24.4 Å². The van der Waals surface area contributed by atoms with Crippen LogP contribution in [0.4, 0.5) is 11.5 Å². The Morgan fingerprint density at radius 1 is 1.08 bits per heavy atom. The number of amides is 1. The van der Waals surface area contributed by atoms with Gasteiger partial charge in [-0.3, -0.25) is 9.69 Å². The monoisotopic (exact) mass is 325 g/mol. The van der Waals surface area contributed by atoms with Crippen molar-refractivity contribution in [2.24, 2.45) is 0 Å². The van der Waals surface area contributed by atoms with Crippen LogP contribution in [-0.4, -0.2) is 55.1 Å². The normalized spacial score (nSPS) is 15.2. The summed E-state index contributed by atoms with van der Waals surface area (Å²) in [4.78, 5) is 21.1. The largest absolute Gasteiger partial charge is 0.399 e. The first-order chi connectivity index (χ1) is 11.7. The van der Waals surface area contributed by atoms with Gasteiger partial charge in [0.25, 0.3) is 5.91 Å². The summed E-state index contributed by atoms with van der Waals surface area (Å²) in [5.41, 5.74) is 6.94. The summed E-state index contributed by atoms with van der Waals surface area (Å²) in [5, 5.41) is 2.96. The van der Waals surface area contributed by atoms with Crippen LogP contribution in [-0.2, 0) is 0 Å². The van der Waals surface area contributed by atoms with E-state index in [4.69, 9.17) is 5.73 Å². The van der Waals surface area contributed by atoms with Crippen molar-refractivity contribution in [2.45, 2.75) is 0 Å². The Morgan fingerprint density at radius 2 is 1.83 bits per heavy atom. The first kappa shape index (κ1) is 16.3. The van der Waals surface area contributed by atoms with E-state index in [2.05, 4.69) is 20.1 Å². The van der Waals surface area contributed by atoms with Crippen LogP contribution in [0.2, 0.25) is 0 Å². The van der Waals surface area contributed by atoms with E-state index in [-0.39, 0.29) is 5.91 Å². The van der Waals surface area contributed by atoms with Gasteiger partial charge in [-0.25, -0.2) is 4.98 Å². The zero-order chi connectivity index (χ0) is 16.8. The zero-order valence-corrected chi connectivity index (χ0v) is 13.7. The van der Waals surface area contributed by atoms with E-state index < -0.39 is 0 Å². The third-order valence-electron chi connectivity index (χ3n) is 4.23. The predicted molar refractivity (Wildman–Crippen MR) is 96.1 cm³/mol. The Labute approximate surface area is 142 Å². The summed E-state index contributed by atoms with van der Waals surface area (Å²) in [6, 6.07) is 13.0. The molecule has 24 heavy (non-hydrogen) atoms. The highest BCUT2D eigenvalue weighted by Crippen LogP contribution is 2.12. The van der Waals surface area contributed by atoms with Crippen molar-refractivity contribution in [3.63, 3.8) is 0 Å². The lowest BCUT2D eigenvalue weighted by Crippen LogP contribution is -2.48. The summed E-state index contributed by atoms with van der Waals surface area (Å²) < 4.78 is 0. The summed E-state index contributed by atoms with van der Waals surface area (Å²) in [5.74, 6) is 0.982.